The molecular weight excluding hydrogens is 158 g/mol. The molecule has 2 aliphatic rings. The minimum atomic E-state index is 0.590. The maximum atomic E-state index is 5.77. The second-order valence-electron chi connectivity index (χ2n) is 6.14. The molecule has 2 rings (SSSR count). The lowest BCUT2D eigenvalue weighted by Crippen LogP contribution is -2.31. The molecule has 0 aliphatic heterocycles. The fraction of sp³-hybridized carbons (Fsp3) is 1.00. The third-order valence-electron chi connectivity index (χ3n) is 4.67. The van der Waals surface area contributed by atoms with Crippen molar-refractivity contribution >= 4 is 0 Å². The zero-order chi connectivity index (χ0) is 9.69. The zero-order valence-electron chi connectivity index (χ0n) is 9.27. The number of nitrogens with two attached hydrogens (primary N) is 1. The molecule has 13 heavy (non-hydrogen) atoms. The molecule has 3 atom stereocenters. The number of hydrogen-bond donors (Lipinski definition) is 1. The fourth-order valence-corrected chi connectivity index (χ4v) is 3.58. The van der Waals surface area contributed by atoms with Gasteiger partial charge in [0, 0.05) is 0 Å². The third-order valence-corrected chi connectivity index (χ3v) is 4.67. The standard InChI is InChI=1S/C12H23N/c1-9-6-11(2,3)4-5-12(9)7-10(12)8-13/h9-10H,4-8,13H2,1-3H3. The van der Waals surface area contributed by atoms with Crippen LogP contribution in [0.1, 0.15) is 46.5 Å². The van der Waals surface area contributed by atoms with E-state index in [0.29, 0.717) is 10.8 Å². The van der Waals surface area contributed by atoms with Gasteiger partial charge < -0.3 is 5.73 Å². The Balaban J connectivity index is 2.04. The lowest BCUT2D eigenvalue weighted by molar-refractivity contribution is 0.102. The first-order valence-electron chi connectivity index (χ1n) is 5.70. The van der Waals surface area contributed by atoms with Crippen molar-refractivity contribution in [2.45, 2.75) is 46.5 Å². The van der Waals surface area contributed by atoms with Gasteiger partial charge in [-0.3, -0.25) is 0 Å². The summed E-state index contributed by atoms with van der Waals surface area (Å²) in [7, 11) is 0. The van der Waals surface area contributed by atoms with Crippen LogP contribution in [0.5, 0.6) is 0 Å². The maximum absolute atomic E-state index is 5.77. The van der Waals surface area contributed by atoms with E-state index in [0.717, 1.165) is 18.4 Å². The molecule has 2 saturated carbocycles. The Morgan fingerprint density at radius 3 is 2.38 bits per heavy atom. The topological polar surface area (TPSA) is 26.0 Å². The molecule has 0 aromatic heterocycles. The molecule has 2 aliphatic carbocycles. The summed E-state index contributed by atoms with van der Waals surface area (Å²) in [6.07, 6.45) is 5.67. The van der Waals surface area contributed by atoms with E-state index in [9.17, 15) is 0 Å². The van der Waals surface area contributed by atoms with Gasteiger partial charge in [0.2, 0.25) is 0 Å². The molecule has 0 amide bonds. The van der Waals surface area contributed by atoms with Gasteiger partial charge in [0.05, 0.1) is 0 Å². The van der Waals surface area contributed by atoms with E-state index < -0.39 is 0 Å². The van der Waals surface area contributed by atoms with Gasteiger partial charge in [-0.15, -0.1) is 0 Å². The summed E-state index contributed by atoms with van der Waals surface area (Å²) in [5, 5.41) is 0. The van der Waals surface area contributed by atoms with Crippen LogP contribution in [-0.2, 0) is 0 Å². The predicted octanol–water partition coefficient (Wildman–Crippen LogP) is 2.80. The largest absolute Gasteiger partial charge is 0.330 e. The van der Waals surface area contributed by atoms with Crippen LogP contribution in [0.2, 0.25) is 0 Å². The van der Waals surface area contributed by atoms with Crippen molar-refractivity contribution in [2.24, 2.45) is 28.4 Å². The second-order valence-corrected chi connectivity index (χ2v) is 6.14. The molecule has 2 N–H and O–H groups in total. The van der Waals surface area contributed by atoms with Crippen molar-refractivity contribution in [3.05, 3.63) is 0 Å². The second kappa shape index (κ2) is 2.73. The normalized spacial score (nSPS) is 48.0. The SMILES string of the molecule is CC1CC(C)(C)CCC12CC2CN. The molecule has 1 heteroatoms. The van der Waals surface area contributed by atoms with E-state index in [1.54, 1.807) is 0 Å². The van der Waals surface area contributed by atoms with Crippen molar-refractivity contribution in [1.29, 1.82) is 0 Å². The molecule has 1 nitrogen and oxygen atoms in total. The van der Waals surface area contributed by atoms with Crippen LogP contribution < -0.4 is 5.73 Å². The van der Waals surface area contributed by atoms with Crippen molar-refractivity contribution in [3.8, 4) is 0 Å². The Hall–Kier alpha value is -0.0400. The van der Waals surface area contributed by atoms with Crippen molar-refractivity contribution < 1.29 is 0 Å². The van der Waals surface area contributed by atoms with Gasteiger partial charge in [-0.05, 0) is 54.9 Å². The Kier molecular flexibility index (Phi) is 1.99. The summed E-state index contributed by atoms with van der Waals surface area (Å²) in [4.78, 5) is 0. The molecule has 0 bridgehead atoms. The van der Waals surface area contributed by atoms with E-state index in [2.05, 4.69) is 20.8 Å². The van der Waals surface area contributed by atoms with E-state index >= 15 is 0 Å². The molecule has 0 saturated heterocycles. The maximum Gasteiger partial charge on any atom is -0.00432 e. The molecular formula is C12H23N. The van der Waals surface area contributed by atoms with Gasteiger partial charge in [-0.25, -0.2) is 0 Å². The first kappa shape index (κ1) is 9.51. The average Bonchev–Trinajstić information content (AvgIpc) is 2.73. The quantitative estimate of drug-likeness (QED) is 0.661. The highest BCUT2D eigenvalue weighted by Gasteiger charge is 2.58. The van der Waals surface area contributed by atoms with Crippen LogP contribution in [0.3, 0.4) is 0 Å². The van der Waals surface area contributed by atoms with E-state index in [-0.39, 0.29) is 0 Å². The van der Waals surface area contributed by atoms with Crippen LogP contribution in [0, 0.1) is 22.7 Å². The van der Waals surface area contributed by atoms with Crippen LogP contribution in [0.15, 0.2) is 0 Å². The van der Waals surface area contributed by atoms with Crippen molar-refractivity contribution in [3.63, 3.8) is 0 Å². The fourth-order valence-electron chi connectivity index (χ4n) is 3.58. The molecule has 0 aromatic rings. The molecule has 0 radical (unpaired) electrons. The first-order chi connectivity index (χ1) is 6.00. The summed E-state index contributed by atoms with van der Waals surface area (Å²) in [6.45, 7) is 8.19. The highest BCUT2D eigenvalue weighted by atomic mass is 14.7. The van der Waals surface area contributed by atoms with Crippen LogP contribution >= 0.6 is 0 Å². The Morgan fingerprint density at radius 2 is 1.92 bits per heavy atom. The summed E-state index contributed by atoms with van der Waals surface area (Å²) in [5.41, 5.74) is 7.04. The van der Waals surface area contributed by atoms with E-state index in [4.69, 9.17) is 5.73 Å². The summed E-state index contributed by atoms with van der Waals surface area (Å²) >= 11 is 0. The summed E-state index contributed by atoms with van der Waals surface area (Å²) in [5.74, 6) is 1.77. The Bertz CT molecular complexity index is 209. The zero-order valence-corrected chi connectivity index (χ0v) is 9.27. The van der Waals surface area contributed by atoms with Crippen LogP contribution in [0.4, 0.5) is 0 Å². The highest BCUT2D eigenvalue weighted by molar-refractivity contribution is 5.08. The highest BCUT2D eigenvalue weighted by Crippen LogP contribution is 2.66. The van der Waals surface area contributed by atoms with Crippen molar-refractivity contribution in [2.75, 3.05) is 6.54 Å². The van der Waals surface area contributed by atoms with E-state index in [1.165, 1.54) is 25.7 Å². The average molecular weight is 181 g/mol. The van der Waals surface area contributed by atoms with Crippen LogP contribution in [-0.4, -0.2) is 6.54 Å². The van der Waals surface area contributed by atoms with Crippen molar-refractivity contribution in [1.82, 2.24) is 0 Å². The first-order valence-corrected chi connectivity index (χ1v) is 5.70. The van der Waals surface area contributed by atoms with E-state index in [1.807, 2.05) is 0 Å². The molecule has 2 fully saturated rings. The van der Waals surface area contributed by atoms with Gasteiger partial charge in [0.25, 0.3) is 0 Å². The monoisotopic (exact) mass is 181 g/mol. The summed E-state index contributed by atoms with van der Waals surface area (Å²) in [6, 6.07) is 0. The lowest BCUT2D eigenvalue weighted by Gasteiger charge is -2.40. The smallest absolute Gasteiger partial charge is 0.00432 e. The predicted molar refractivity (Wildman–Crippen MR) is 56.4 cm³/mol. The summed E-state index contributed by atoms with van der Waals surface area (Å²) < 4.78 is 0. The van der Waals surface area contributed by atoms with Gasteiger partial charge in [0.1, 0.15) is 0 Å². The lowest BCUT2D eigenvalue weighted by atomic mass is 9.65. The molecule has 76 valence electrons. The van der Waals surface area contributed by atoms with Gasteiger partial charge in [-0.1, -0.05) is 20.8 Å². The molecule has 3 unspecified atom stereocenters. The minimum Gasteiger partial charge on any atom is -0.330 e. The molecule has 0 heterocycles. The Morgan fingerprint density at radius 1 is 1.23 bits per heavy atom. The molecule has 0 aromatic carbocycles. The van der Waals surface area contributed by atoms with Gasteiger partial charge in [-0.2, -0.15) is 0 Å². The van der Waals surface area contributed by atoms with Crippen LogP contribution in [0.25, 0.3) is 0 Å². The number of hydrogen-bond acceptors (Lipinski definition) is 1. The third kappa shape index (κ3) is 1.41. The molecule has 1 spiro atoms. The van der Waals surface area contributed by atoms with Gasteiger partial charge in [0.15, 0.2) is 0 Å². The van der Waals surface area contributed by atoms with Gasteiger partial charge >= 0.3 is 0 Å². The number of rotatable bonds is 1. The minimum absolute atomic E-state index is 0.590. The Labute approximate surface area is 82.1 Å².